The fourth-order valence-corrected chi connectivity index (χ4v) is 3.62. The topological polar surface area (TPSA) is 40.9 Å². The van der Waals surface area contributed by atoms with Crippen LogP contribution in [0.4, 0.5) is 14.6 Å². The highest BCUT2D eigenvalue weighted by atomic mass is 19.1. The van der Waals surface area contributed by atoms with E-state index in [9.17, 15) is 13.6 Å². The van der Waals surface area contributed by atoms with Crippen molar-refractivity contribution in [1.82, 2.24) is 14.3 Å². The van der Waals surface area contributed by atoms with Crippen molar-refractivity contribution in [2.24, 2.45) is 0 Å². The molecule has 0 saturated carbocycles. The maximum absolute atomic E-state index is 13.4. The Labute approximate surface area is 155 Å². The van der Waals surface area contributed by atoms with Gasteiger partial charge in [0.2, 0.25) is 0 Å². The third-order valence-electron chi connectivity index (χ3n) is 4.94. The highest BCUT2D eigenvalue weighted by Crippen LogP contribution is 2.30. The second kappa shape index (κ2) is 6.64. The average molecular weight is 370 g/mol. The van der Waals surface area contributed by atoms with Gasteiger partial charge in [-0.05, 0) is 30.7 Å². The minimum absolute atomic E-state index is 0.0379. The first-order chi connectivity index (χ1) is 12.9. The zero-order valence-electron chi connectivity index (χ0n) is 15.2. The molecule has 3 aromatic rings. The highest BCUT2D eigenvalue weighted by Gasteiger charge is 2.30. The summed E-state index contributed by atoms with van der Waals surface area (Å²) in [5, 5.41) is 0. The molecular formula is C20H20F2N4O. The summed E-state index contributed by atoms with van der Waals surface area (Å²) in [6.07, 6.45) is 4.72. The van der Waals surface area contributed by atoms with E-state index in [0.717, 1.165) is 41.6 Å². The third-order valence-corrected chi connectivity index (χ3v) is 4.94. The minimum atomic E-state index is -0.746. The normalized spacial score (nSPS) is 16.9. The van der Waals surface area contributed by atoms with Crippen molar-refractivity contribution in [3.8, 4) is 0 Å². The molecule has 3 heterocycles. The van der Waals surface area contributed by atoms with Crippen molar-refractivity contribution < 1.29 is 13.6 Å². The molecule has 4 rings (SSSR count). The maximum atomic E-state index is 13.4. The number of halogens is 2. The summed E-state index contributed by atoms with van der Waals surface area (Å²) < 4.78 is 28.9. The van der Waals surface area contributed by atoms with E-state index in [4.69, 9.17) is 4.98 Å². The summed E-state index contributed by atoms with van der Waals surface area (Å²) in [5.74, 6) is -0.896. The number of hydrogen-bond donors (Lipinski definition) is 0. The number of rotatable bonds is 3. The lowest BCUT2D eigenvalue weighted by Gasteiger charge is -2.19. The van der Waals surface area contributed by atoms with Gasteiger partial charge in [0, 0.05) is 57.1 Å². The van der Waals surface area contributed by atoms with E-state index in [0.29, 0.717) is 13.1 Å². The van der Waals surface area contributed by atoms with Crippen molar-refractivity contribution in [1.29, 1.82) is 0 Å². The molecule has 0 N–H and O–H groups in total. The molecule has 2 aromatic heterocycles. The lowest BCUT2D eigenvalue weighted by atomic mass is 10.1. The van der Waals surface area contributed by atoms with Crippen LogP contribution >= 0.6 is 0 Å². The molecule has 1 saturated heterocycles. The van der Waals surface area contributed by atoms with Gasteiger partial charge >= 0.3 is 0 Å². The molecule has 1 aliphatic heterocycles. The number of fused-ring (bicyclic) bond motifs is 1. The molecule has 1 fully saturated rings. The lowest BCUT2D eigenvalue weighted by molar-refractivity contribution is 0.0789. The predicted octanol–water partition coefficient (Wildman–Crippen LogP) is 3.31. The Morgan fingerprint density at radius 1 is 1.22 bits per heavy atom. The largest absolute Gasteiger partial charge is 0.361 e. The van der Waals surface area contributed by atoms with E-state index >= 15 is 0 Å². The zero-order chi connectivity index (χ0) is 19.1. The Hall–Kier alpha value is -2.96. The molecule has 1 amide bonds. The SMILES string of the molecule is CN(C)c1nc(C2CCN(C(=O)c3cc(F)cc(F)c3)C2)cn2cccc12. The first-order valence-electron chi connectivity index (χ1n) is 8.82. The quantitative estimate of drug-likeness (QED) is 0.710. The second-order valence-corrected chi connectivity index (χ2v) is 7.08. The van der Waals surface area contributed by atoms with Gasteiger partial charge in [0.1, 0.15) is 11.6 Å². The molecule has 5 nitrogen and oxygen atoms in total. The molecule has 140 valence electrons. The summed E-state index contributed by atoms with van der Waals surface area (Å²) in [4.78, 5) is 21.0. The van der Waals surface area contributed by atoms with Gasteiger partial charge in [-0.3, -0.25) is 4.79 Å². The standard InChI is InChI=1S/C20H20F2N4O/c1-24(2)19-18-4-3-6-25(18)12-17(23-19)13-5-7-26(11-13)20(27)14-8-15(21)10-16(22)9-14/h3-4,6,8-10,12-13H,5,7,11H2,1-2H3. The van der Waals surface area contributed by atoms with Gasteiger partial charge in [-0.1, -0.05) is 0 Å². The molecular weight excluding hydrogens is 350 g/mol. The molecule has 1 unspecified atom stereocenters. The monoisotopic (exact) mass is 370 g/mol. The van der Waals surface area contributed by atoms with Gasteiger partial charge in [-0.2, -0.15) is 0 Å². The number of likely N-dealkylation sites (tertiary alicyclic amines) is 1. The average Bonchev–Trinajstić information content (AvgIpc) is 3.28. The number of benzene rings is 1. The number of nitrogens with zero attached hydrogens (tertiary/aromatic N) is 4. The zero-order valence-corrected chi connectivity index (χ0v) is 15.2. The Kier molecular flexibility index (Phi) is 4.30. The fraction of sp³-hybridized carbons (Fsp3) is 0.300. The number of carbonyl (C=O) groups excluding carboxylic acids is 1. The van der Waals surface area contributed by atoms with Crippen LogP contribution in [0, 0.1) is 11.6 Å². The van der Waals surface area contributed by atoms with Crippen LogP contribution in [0.25, 0.3) is 5.52 Å². The number of carbonyl (C=O) groups is 1. The van der Waals surface area contributed by atoms with Crippen LogP contribution in [0.1, 0.15) is 28.4 Å². The molecule has 0 spiro atoms. The van der Waals surface area contributed by atoms with Gasteiger partial charge in [-0.25, -0.2) is 13.8 Å². The van der Waals surface area contributed by atoms with Crippen molar-refractivity contribution in [2.75, 3.05) is 32.1 Å². The Balaban J connectivity index is 1.59. The summed E-state index contributed by atoms with van der Waals surface area (Å²) >= 11 is 0. The molecule has 7 heteroatoms. The summed E-state index contributed by atoms with van der Waals surface area (Å²) in [6.45, 7) is 1.01. The second-order valence-electron chi connectivity index (χ2n) is 7.08. The smallest absolute Gasteiger partial charge is 0.254 e. The first kappa shape index (κ1) is 17.5. The van der Waals surface area contributed by atoms with Gasteiger partial charge in [0.15, 0.2) is 5.82 Å². The van der Waals surface area contributed by atoms with Crippen LogP contribution in [0.3, 0.4) is 0 Å². The van der Waals surface area contributed by atoms with Crippen LogP contribution in [0.15, 0.2) is 42.7 Å². The number of aromatic nitrogens is 2. The maximum Gasteiger partial charge on any atom is 0.254 e. The van der Waals surface area contributed by atoms with E-state index in [2.05, 4.69) is 0 Å². The molecule has 1 aliphatic rings. The van der Waals surface area contributed by atoms with E-state index in [1.807, 2.05) is 47.9 Å². The number of hydrogen-bond acceptors (Lipinski definition) is 3. The van der Waals surface area contributed by atoms with Crippen molar-refractivity contribution >= 4 is 17.2 Å². The van der Waals surface area contributed by atoms with Crippen LogP contribution in [-0.4, -0.2) is 47.4 Å². The number of anilines is 1. The third kappa shape index (κ3) is 3.25. The fourth-order valence-electron chi connectivity index (χ4n) is 3.62. The summed E-state index contributed by atoms with van der Waals surface area (Å²) in [5.41, 5.74) is 1.96. The van der Waals surface area contributed by atoms with E-state index < -0.39 is 11.6 Å². The predicted molar refractivity (Wildman–Crippen MR) is 99.1 cm³/mol. The summed E-state index contributed by atoms with van der Waals surface area (Å²) in [7, 11) is 3.89. The van der Waals surface area contributed by atoms with Crippen LogP contribution < -0.4 is 4.90 Å². The lowest BCUT2D eigenvalue weighted by Crippen LogP contribution is -2.28. The van der Waals surface area contributed by atoms with Gasteiger partial charge in [0.05, 0.1) is 11.2 Å². The molecule has 1 aromatic carbocycles. The van der Waals surface area contributed by atoms with Crippen LogP contribution in [0.5, 0.6) is 0 Å². The van der Waals surface area contributed by atoms with Crippen LogP contribution in [-0.2, 0) is 0 Å². The number of amides is 1. The molecule has 0 bridgehead atoms. The van der Waals surface area contributed by atoms with Gasteiger partial charge < -0.3 is 14.2 Å². The van der Waals surface area contributed by atoms with Crippen molar-refractivity contribution in [3.63, 3.8) is 0 Å². The van der Waals surface area contributed by atoms with Crippen LogP contribution in [0.2, 0.25) is 0 Å². The molecule has 0 aliphatic carbocycles. The summed E-state index contributed by atoms with van der Waals surface area (Å²) in [6, 6.07) is 6.90. The molecule has 1 atom stereocenters. The minimum Gasteiger partial charge on any atom is -0.361 e. The van der Waals surface area contributed by atoms with Gasteiger partial charge in [-0.15, -0.1) is 0 Å². The first-order valence-corrected chi connectivity index (χ1v) is 8.82. The Morgan fingerprint density at radius 3 is 2.67 bits per heavy atom. The van der Waals surface area contributed by atoms with E-state index in [-0.39, 0.29) is 17.4 Å². The van der Waals surface area contributed by atoms with Crippen molar-refractivity contribution in [2.45, 2.75) is 12.3 Å². The Bertz CT molecular complexity index is 994. The van der Waals surface area contributed by atoms with Gasteiger partial charge in [0.25, 0.3) is 5.91 Å². The van der Waals surface area contributed by atoms with E-state index in [1.165, 1.54) is 0 Å². The Morgan fingerprint density at radius 2 is 1.96 bits per heavy atom. The molecule has 0 radical (unpaired) electrons. The van der Waals surface area contributed by atoms with E-state index in [1.54, 1.807) is 4.90 Å². The van der Waals surface area contributed by atoms with Crippen molar-refractivity contribution in [3.05, 3.63) is 65.6 Å². The molecule has 27 heavy (non-hydrogen) atoms. The highest BCUT2D eigenvalue weighted by molar-refractivity contribution is 5.94.